The zero-order chi connectivity index (χ0) is 98.8. The van der Waals surface area contributed by atoms with Gasteiger partial charge in [0.2, 0.25) is 35.4 Å². The van der Waals surface area contributed by atoms with Crippen LogP contribution in [0.4, 0.5) is 0 Å². The molecule has 756 valence electrons. The number of likely N-dealkylation sites (tertiary alicyclic amines) is 6. The first-order chi connectivity index (χ1) is 59.8. The maximum absolute atomic E-state index is 13.7. The van der Waals surface area contributed by atoms with E-state index < -0.39 is 0 Å². The van der Waals surface area contributed by atoms with Crippen molar-refractivity contribution < 1.29 is 47.7 Å². The van der Waals surface area contributed by atoms with Crippen molar-refractivity contribution in [2.75, 3.05) is 33.5 Å². The summed E-state index contributed by atoms with van der Waals surface area (Å²) in [6, 6.07) is 4.64. The second-order valence-corrected chi connectivity index (χ2v) is 49.4. The summed E-state index contributed by atoms with van der Waals surface area (Å²) in [6.45, 7) is 101. The van der Waals surface area contributed by atoms with E-state index in [1.165, 1.54) is 0 Å². The topological polar surface area (TPSA) is 159 Å². The molecule has 9 heterocycles. The van der Waals surface area contributed by atoms with Crippen LogP contribution in [0.1, 0.15) is 395 Å². The number of hydrogen-bond acceptors (Lipinski definition) is 10. The van der Waals surface area contributed by atoms with Gasteiger partial charge < -0.3 is 48.3 Å². The molecule has 0 aromatic carbocycles. The molecule has 16 heteroatoms. The molecule has 29 atom stereocenters. The Morgan fingerprint density at radius 1 is 0.349 bits per heavy atom. The minimum Gasteiger partial charge on any atom is -0.381 e. The Morgan fingerprint density at radius 3 is 0.915 bits per heavy atom. The van der Waals surface area contributed by atoms with Crippen molar-refractivity contribution in [2.45, 2.75) is 485 Å². The largest absolute Gasteiger partial charge is 0.381 e. The second kappa shape index (κ2) is 53.0. The Morgan fingerprint density at radius 2 is 0.651 bits per heavy atom. The Balaban J connectivity index is 0.000000325. The first kappa shape index (κ1) is 118. The van der Waals surface area contributed by atoms with Gasteiger partial charge in [-0.1, -0.05) is 249 Å². The SMILES string of the molecule is CC(C)C(C(=O)N1C(C)C(C)C[C@H]1C(C)C)C1(C)CCOCC1.CC(C)C(C(=O)N1C(C)C(C)C[C@H]1C(C)C)C1CCCOC1.CC(C)CC(C(=O)N1C(C)C(C)C[C@H]1C(C)C)C(C)C.CC1CC(C(C(=O)N2C(C)C(C)C[C@H]2C(C)C)C(C)C)CC(C)O1.CCC(C)C(C(=O)N1C(C)C(C)C[C@H]1C(C)C)C(C)C.COC(C)C(C(=O)N1C(C)C(C)C[C@H]1C(C)C)C(C)C. The van der Waals surface area contributed by atoms with E-state index in [1.54, 1.807) is 7.11 Å². The average molecular weight is 1820 g/mol. The molecule has 0 aromatic rings. The van der Waals surface area contributed by atoms with Crippen LogP contribution in [0.25, 0.3) is 0 Å². The molecule has 129 heavy (non-hydrogen) atoms. The van der Waals surface area contributed by atoms with Crippen molar-refractivity contribution >= 4 is 35.4 Å². The highest BCUT2D eigenvalue weighted by molar-refractivity contribution is 5.84. The van der Waals surface area contributed by atoms with Crippen LogP contribution in [0.5, 0.6) is 0 Å². The number of nitrogens with zero attached hydrogens (tertiary/aromatic N) is 6. The van der Waals surface area contributed by atoms with E-state index >= 15 is 0 Å². The Bertz CT molecular complexity index is 3210. The fourth-order valence-electron chi connectivity index (χ4n) is 25.6. The van der Waals surface area contributed by atoms with E-state index in [0.29, 0.717) is 232 Å². The number of rotatable bonds is 27. The molecule has 0 bridgehead atoms. The van der Waals surface area contributed by atoms with Gasteiger partial charge >= 0.3 is 0 Å². The summed E-state index contributed by atoms with van der Waals surface area (Å²) in [6.07, 6.45) is 15.8. The number of methoxy groups -OCH3 is 1. The van der Waals surface area contributed by atoms with Gasteiger partial charge in [0.15, 0.2) is 0 Å². The lowest BCUT2D eigenvalue weighted by molar-refractivity contribution is -0.150. The highest BCUT2D eigenvalue weighted by Crippen LogP contribution is 2.49. The summed E-state index contributed by atoms with van der Waals surface area (Å²) in [5.41, 5.74) is 0.0799. The smallest absolute Gasteiger partial charge is 0.229 e. The Kier molecular flexibility index (Phi) is 48.5. The third kappa shape index (κ3) is 30.3. The van der Waals surface area contributed by atoms with Gasteiger partial charge in [-0.15, -0.1) is 0 Å². The quantitative estimate of drug-likeness (QED) is 0.0775. The summed E-state index contributed by atoms with van der Waals surface area (Å²) in [7, 11) is 1.70. The number of hydrogen-bond donors (Lipinski definition) is 0. The normalized spacial score (nSPS) is 32.7. The molecular formula is C113H214N6O10. The van der Waals surface area contributed by atoms with Gasteiger partial charge in [0.05, 0.1) is 30.8 Å². The first-order valence-electron chi connectivity index (χ1n) is 54.0. The van der Waals surface area contributed by atoms with Crippen molar-refractivity contribution in [2.24, 2.45) is 171 Å². The molecule has 9 rings (SSSR count). The van der Waals surface area contributed by atoms with Crippen LogP contribution in [-0.2, 0) is 47.7 Å². The van der Waals surface area contributed by atoms with Crippen LogP contribution >= 0.6 is 0 Å². The third-order valence-electron chi connectivity index (χ3n) is 34.8. The standard InChI is InChI=1S/C21H39NO2.C20H37NO2.C19H35NO2.2C18H35NO.C17H33NO2/c1-12(2)19-9-14(5)17(8)22(19)21(23)20(13(3)4)18-10-15(6)24-16(7)11-18;1-13(2)17-12-15(5)16(6)21(17)19(22)18(14(3)4)20(7)8-10-23-11-9-20;1-12(2)17-10-14(5)15(6)20(17)19(21)18(13(3)4)16-8-7-9-22-11-16;1-11(2)9-16(12(3)4)18(20)19-15(8)14(7)10-17(19)13(5)6;1-9-13(6)17(12(4)5)18(20)19-15(8)14(7)10-16(19)11(2)3;1-10(2)15-9-12(5)13(6)18(15)17(19)16(11(3)4)14(7)20-8/h12-20H,9-11H2,1-8H3;13-18H,8-12H2,1-7H3;12-18H,7-11H2,1-6H3;2*11-17H,9-10H2,1-8H3;10-16H,9H2,1-8H3/t14?,15?,16?,17?,18?,19-,20?;15?,16?,17-,18?;14?,15?,16?,17-,18?;14?,15?,16?,17-;13?,14?,15?,16-,17?;12?,13?,14?,15-,16?/m000000/s1. The van der Waals surface area contributed by atoms with Crippen molar-refractivity contribution in [1.82, 2.24) is 29.4 Å². The van der Waals surface area contributed by atoms with Crippen LogP contribution in [0.3, 0.4) is 0 Å². The van der Waals surface area contributed by atoms with Crippen molar-refractivity contribution in [3.05, 3.63) is 0 Å². The van der Waals surface area contributed by atoms with Gasteiger partial charge in [-0.25, -0.2) is 0 Å². The lowest BCUT2D eigenvalue weighted by Gasteiger charge is -2.45. The van der Waals surface area contributed by atoms with E-state index in [0.717, 1.165) is 116 Å². The number of amides is 6. The molecule has 0 aromatic heterocycles. The molecule has 0 radical (unpaired) electrons. The predicted octanol–water partition coefficient (Wildman–Crippen LogP) is 25.8. The minimum absolute atomic E-state index is 0.0292. The predicted molar refractivity (Wildman–Crippen MR) is 542 cm³/mol. The van der Waals surface area contributed by atoms with E-state index in [2.05, 4.69) is 327 Å². The number of carbonyl (C=O) groups is 6. The minimum atomic E-state index is -0.0472. The van der Waals surface area contributed by atoms with Crippen LogP contribution in [0.2, 0.25) is 0 Å². The molecule has 16 nitrogen and oxygen atoms in total. The van der Waals surface area contributed by atoms with Gasteiger partial charge in [0.1, 0.15) is 0 Å². The molecule has 0 saturated carbocycles. The van der Waals surface area contributed by atoms with Gasteiger partial charge in [-0.05, 0) is 281 Å². The summed E-state index contributed by atoms with van der Waals surface area (Å²) in [5, 5.41) is 0. The van der Waals surface area contributed by atoms with E-state index in [4.69, 9.17) is 18.9 Å². The van der Waals surface area contributed by atoms with Gasteiger partial charge in [-0.2, -0.15) is 0 Å². The molecule has 9 fully saturated rings. The van der Waals surface area contributed by atoms with E-state index in [1.807, 2.05) is 6.92 Å². The lowest BCUT2D eigenvalue weighted by atomic mass is 9.66. The fraction of sp³-hybridized carbons (Fsp3) is 0.947. The molecule has 0 spiro atoms. The van der Waals surface area contributed by atoms with Crippen molar-refractivity contribution in [3.63, 3.8) is 0 Å². The molecular weight excluding hydrogens is 1600 g/mol. The Hall–Kier alpha value is -3.34. The number of carbonyl (C=O) groups excluding carboxylic acids is 6. The maximum atomic E-state index is 13.7. The monoisotopic (exact) mass is 1820 g/mol. The van der Waals surface area contributed by atoms with Gasteiger partial charge in [0.25, 0.3) is 0 Å². The van der Waals surface area contributed by atoms with Crippen LogP contribution < -0.4 is 0 Å². The lowest BCUT2D eigenvalue weighted by Crippen LogP contribution is -2.52. The maximum Gasteiger partial charge on any atom is 0.229 e. The second-order valence-electron chi connectivity index (χ2n) is 49.4. The number of ether oxygens (including phenoxy) is 4. The summed E-state index contributed by atoms with van der Waals surface area (Å²) in [5.74, 6) is 14.0. The molecule has 9 saturated heterocycles. The summed E-state index contributed by atoms with van der Waals surface area (Å²) < 4.78 is 22.6. The van der Waals surface area contributed by atoms with Gasteiger partial charge in [0, 0.05) is 129 Å². The highest BCUT2D eigenvalue weighted by atomic mass is 16.5. The van der Waals surface area contributed by atoms with E-state index in [-0.39, 0.29) is 65.1 Å². The molecule has 9 aliphatic heterocycles. The molecule has 9 aliphatic rings. The fourth-order valence-corrected chi connectivity index (χ4v) is 25.6. The van der Waals surface area contributed by atoms with Crippen molar-refractivity contribution in [3.8, 4) is 0 Å². The summed E-state index contributed by atoms with van der Waals surface area (Å²) in [4.78, 5) is 93.6. The summed E-state index contributed by atoms with van der Waals surface area (Å²) >= 11 is 0. The zero-order valence-corrected chi connectivity index (χ0v) is 92.8. The van der Waals surface area contributed by atoms with Gasteiger partial charge in [-0.3, -0.25) is 28.8 Å². The Labute approximate surface area is 798 Å². The molecule has 6 amide bonds. The third-order valence-corrected chi connectivity index (χ3v) is 34.8. The molecule has 0 aliphatic carbocycles. The van der Waals surface area contributed by atoms with Crippen LogP contribution in [0.15, 0.2) is 0 Å². The van der Waals surface area contributed by atoms with Crippen LogP contribution in [0, 0.1) is 171 Å². The molecule has 23 unspecified atom stereocenters. The van der Waals surface area contributed by atoms with E-state index in [9.17, 15) is 28.8 Å². The van der Waals surface area contributed by atoms with Crippen molar-refractivity contribution in [1.29, 1.82) is 0 Å². The average Bonchev–Trinajstić information content (AvgIpc) is 1.74. The highest BCUT2D eigenvalue weighted by Gasteiger charge is 2.53. The van der Waals surface area contributed by atoms with Crippen LogP contribution in [-0.4, -0.2) is 189 Å². The molecule has 0 N–H and O–H groups in total. The first-order valence-corrected chi connectivity index (χ1v) is 54.0. The zero-order valence-electron chi connectivity index (χ0n) is 92.8.